The molecule has 0 aliphatic carbocycles. The van der Waals surface area contributed by atoms with Gasteiger partial charge in [-0.05, 0) is 23.6 Å². The van der Waals surface area contributed by atoms with Crippen LogP contribution >= 0.6 is 0 Å². The summed E-state index contributed by atoms with van der Waals surface area (Å²) >= 11 is 0. The van der Waals surface area contributed by atoms with Crippen LogP contribution in [0.15, 0.2) is 48.5 Å². The Kier molecular flexibility index (Phi) is 5.38. The molecule has 2 rings (SSSR count). The predicted octanol–water partition coefficient (Wildman–Crippen LogP) is 4.11. The van der Waals surface area contributed by atoms with Crippen molar-refractivity contribution in [2.75, 3.05) is 6.61 Å². The van der Waals surface area contributed by atoms with Crippen LogP contribution in [0.1, 0.15) is 29.8 Å². The lowest BCUT2D eigenvalue weighted by atomic mass is 10.2. The van der Waals surface area contributed by atoms with E-state index in [1.54, 1.807) is 18.2 Å². The molecule has 0 N–H and O–H groups in total. The smallest absolute Gasteiger partial charge is 0.153 e. The van der Waals surface area contributed by atoms with Gasteiger partial charge in [0.15, 0.2) is 6.29 Å². The van der Waals surface area contributed by atoms with Crippen molar-refractivity contribution >= 4 is 6.29 Å². The van der Waals surface area contributed by atoms with E-state index >= 15 is 0 Å². The fourth-order valence-corrected chi connectivity index (χ4v) is 1.82. The highest BCUT2D eigenvalue weighted by atomic mass is 16.5. The van der Waals surface area contributed by atoms with Gasteiger partial charge in [-0.2, -0.15) is 0 Å². The highest BCUT2D eigenvalue weighted by Crippen LogP contribution is 2.25. The molecular weight excluding hydrogens is 264 g/mol. The fourth-order valence-electron chi connectivity index (χ4n) is 1.82. The Balaban J connectivity index is 2.06. The summed E-state index contributed by atoms with van der Waals surface area (Å²) < 4.78 is 11.4. The second kappa shape index (κ2) is 7.48. The molecule has 0 heterocycles. The van der Waals surface area contributed by atoms with Crippen molar-refractivity contribution in [2.45, 2.75) is 20.5 Å². The summed E-state index contributed by atoms with van der Waals surface area (Å²) in [6.45, 7) is 5.19. The molecular formula is C18H20O3. The molecule has 0 amide bonds. The van der Waals surface area contributed by atoms with Crippen molar-refractivity contribution in [1.29, 1.82) is 0 Å². The number of hydrogen-bond acceptors (Lipinski definition) is 3. The largest absolute Gasteiger partial charge is 0.492 e. The number of benzene rings is 2. The van der Waals surface area contributed by atoms with Gasteiger partial charge in [0.2, 0.25) is 0 Å². The molecule has 3 nitrogen and oxygen atoms in total. The van der Waals surface area contributed by atoms with Gasteiger partial charge in [0, 0.05) is 6.07 Å². The molecule has 0 atom stereocenters. The Hall–Kier alpha value is -2.29. The lowest BCUT2D eigenvalue weighted by molar-refractivity contribution is 0.111. The third-order valence-corrected chi connectivity index (χ3v) is 2.93. The van der Waals surface area contributed by atoms with Gasteiger partial charge in [-0.1, -0.05) is 44.2 Å². The first-order chi connectivity index (χ1) is 10.2. The molecule has 3 heteroatoms. The number of hydrogen-bond donors (Lipinski definition) is 0. The van der Waals surface area contributed by atoms with Gasteiger partial charge in [0.25, 0.3) is 0 Å². The van der Waals surface area contributed by atoms with Crippen LogP contribution in [0.3, 0.4) is 0 Å². The SMILES string of the molecule is CC(C)COc1cc(OCc2ccccc2)ccc1C=O. The first-order valence-electron chi connectivity index (χ1n) is 7.08. The number of carbonyl (C=O) groups is 1. The van der Waals surface area contributed by atoms with E-state index in [4.69, 9.17) is 9.47 Å². The Bertz CT molecular complexity index is 576. The first kappa shape index (κ1) is 15.1. The normalized spacial score (nSPS) is 10.4. The summed E-state index contributed by atoms with van der Waals surface area (Å²) in [4.78, 5) is 11.0. The summed E-state index contributed by atoms with van der Waals surface area (Å²) in [6.07, 6.45) is 0.802. The van der Waals surface area contributed by atoms with Crippen molar-refractivity contribution in [3.63, 3.8) is 0 Å². The Morgan fingerprint density at radius 3 is 2.48 bits per heavy atom. The van der Waals surface area contributed by atoms with Crippen molar-refractivity contribution in [3.8, 4) is 11.5 Å². The van der Waals surface area contributed by atoms with E-state index in [9.17, 15) is 4.79 Å². The van der Waals surface area contributed by atoms with Crippen molar-refractivity contribution in [3.05, 3.63) is 59.7 Å². The average Bonchev–Trinajstić information content (AvgIpc) is 2.52. The molecule has 110 valence electrons. The van der Waals surface area contributed by atoms with Crippen LogP contribution in [0.2, 0.25) is 0 Å². The third kappa shape index (κ3) is 4.63. The number of carbonyl (C=O) groups excluding carboxylic acids is 1. The molecule has 0 unspecified atom stereocenters. The van der Waals surface area contributed by atoms with E-state index in [1.165, 1.54) is 0 Å². The van der Waals surface area contributed by atoms with Gasteiger partial charge < -0.3 is 9.47 Å². The zero-order valence-corrected chi connectivity index (χ0v) is 12.4. The van der Waals surface area contributed by atoms with E-state index in [2.05, 4.69) is 13.8 Å². The van der Waals surface area contributed by atoms with Crippen LogP contribution in [0.5, 0.6) is 11.5 Å². The zero-order valence-electron chi connectivity index (χ0n) is 12.4. The van der Waals surface area contributed by atoms with E-state index in [-0.39, 0.29) is 0 Å². The fraction of sp³-hybridized carbons (Fsp3) is 0.278. The number of aldehydes is 1. The molecule has 21 heavy (non-hydrogen) atoms. The zero-order chi connectivity index (χ0) is 15.1. The molecule has 2 aromatic rings. The van der Waals surface area contributed by atoms with Gasteiger partial charge in [0.1, 0.15) is 18.1 Å². The molecule has 0 spiro atoms. The van der Waals surface area contributed by atoms with Crippen LogP contribution in [0.25, 0.3) is 0 Å². The molecule has 0 radical (unpaired) electrons. The van der Waals surface area contributed by atoms with Crippen LogP contribution in [0, 0.1) is 5.92 Å². The van der Waals surface area contributed by atoms with Crippen molar-refractivity contribution < 1.29 is 14.3 Å². The standard InChI is InChI=1S/C18H20O3/c1-14(2)12-21-18-10-17(9-8-16(18)11-19)20-13-15-6-4-3-5-7-15/h3-11,14H,12-13H2,1-2H3. The first-order valence-corrected chi connectivity index (χ1v) is 7.08. The quantitative estimate of drug-likeness (QED) is 0.718. The molecule has 0 fully saturated rings. The molecule has 2 aromatic carbocycles. The van der Waals surface area contributed by atoms with Crippen LogP contribution in [0.4, 0.5) is 0 Å². The second-order valence-electron chi connectivity index (χ2n) is 5.30. The maximum Gasteiger partial charge on any atom is 0.153 e. The molecule has 0 aliphatic rings. The van der Waals surface area contributed by atoms with Gasteiger partial charge in [-0.25, -0.2) is 0 Å². The predicted molar refractivity (Wildman–Crippen MR) is 82.9 cm³/mol. The van der Waals surface area contributed by atoms with Crippen molar-refractivity contribution in [1.82, 2.24) is 0 Å². The third-order valence-electron chi connectivity index (χ3n) is 2.93. The summed E-state index contributed by atoms with van der Waals surface area (Å²) in [5, 5.41) is 0. The van der Waals surface area contributed by atoms with E-state index in [0.29, 0.717) is 36.2 Å². The number of rotatable bonds is 7. The maximum atomic E-state index is 11.0. The minimum Gasteiger partial charge on any atom is -0.492 e. The van der Waals surface area contributed by atoms with Crippen LogP contribution < -0.4 is 9.47 Å². The van der Waals surface area contributed by atoms with E-state index in [1.807, 2.05) is 30.3 Å². The summed E-state index contributed by atoms with van der Waals surface area (Å²) in [7, 11) is 0. The number of ether oxygens (including phenoxy) is 2. The van der Waals surface area contributed by atoms with Gasteiger partial charge in [-0.3, -0.25) is 4.79 Å². The molecule has 0 aliphatic heterocycles. The minimum atomic E-state index is 0.401. The summed E-state index contributed by atoms with van der Waals surface area (Å²) in [5.41, 5.74) is 1.64. The molecule has 0 aromatic heterocycles. The lowest BCUT2D eigenvalue weighted by Crippen LogP contribution is -2.06. The summed E-state index contributed by atoms with van der Waals surface area (Å²) in [6, 6.07) is 15.2. The second-order valence-corrected chi connectivity index (χ2v) is 5.30. The van der Waals surface area contributed by atoms with Crippen molar-refractivity contribution in [2.24, 2.45) is 5.92 Å². The minimum absolute atomic E-state index is 0.401. The topological polar surface area (TPSA) is 35.5 Å². The lowest BCUT2D eigenvalue weighted by Gasteiger charge is -2.13. The monoisotopic (exact) mass is 284 g/mol. The van der Waals surface area contributed by atoms with Crippen LogP contribution in [-0.4, -0.2) is 12.9 Å². The van der Waals surface area contributed by atoms with E-state index < -0.39 is 0 Å². The van der Waals surface area contributed by atoms with Gasteiger partial charge >= 0.3 is 0 Å². The van der Waals surface area contributed by atoms with Gasteiger partial charge in [0.05, 0.1) is 12.2 Å². The highest BCUT2D eigenvalue weighted by Gasteiger charge is 2.07. The Morgan fingerprint density at radius 1 is 1.05 bits per heavy atom. The van der Waals surface area contributed by atoms with E-state index in [0.717, 1.165) is 11.8 Å². The average molecular weight is 284 g/mol. The molecule has 0 bridgehead atoms. The highest BCUT2D eigenvalue weighted by molar-refractivity contribution is 5.79. The van der Waals surface area contributed by atoms with Crippen LogP contribution in [-0.2, 0) is 6.61 Å². The maximum absolute atomic E-state index is 11.0. The molecule has 0 saturated heterocycles. The van der Waals surface area contributed by atoms with Gasteiger partial charge in [-0.15, -0.1) is 0 Å². The molecule has 0 saturated carbocycles. The Labute approximate surface area is 125 Å². The Morgan fingerprint density at radius 2 is 1.81 bits per heavy atom. The summed E-state index contributed by atoms with van der Waals surface area (Å²) in [5.74, 6) is 1.67.